The maximum atomic E-state index is 11.7. The summed E-state index contributed by atoms with van der Waals surface area (Å²) >= 11 is 0. The summed E-state index contributed by atoms with van der Waals surface area (Å²) in [5, 5.41) is 2.97. The summed E-state index contributed by atoms with van der Waals surface area (Å²) < 4.78 is 9.77. The van der Waals surface area contributed by atoms with E-state index >= 15 is 0 Å². The zero-order chi connectivity index (χ0) is 14.4. The molecule has 0 saturated heterocycles. The third-order valence-corrected chi connectivity index (χ3v) is 2.54. The lowest BCUT2D eigenvalue weighted by atomic mass is 10.0. The number of carbonyl (C=O) groups is 1. The van der Waals surface area contributed by atoms with Crippen LogP contribution in [0.1, 0.15) is 20.3 Å². The summed E-state index contributed by atoms with van der Waals surface area (Å²) in [6, 6.07) is -0.507. The molecule has 19 heavy (non-hydrogen) atoms. The molecule has 7 heteroatoms. The number of nitrogen functional groups attached to an aromatic ring is 1. The molecule has 1 aromatic rings. The molecule has 0 aromatic carbocycles. The van der Waals surface area contributed by atoms with Crippen molar-refractivity contribution in [3.05, 3.63) is 6.33 Å². The lowest BCUT2D eigenvalue weighted by molar-refractivity contribution is -0.141. The van der Waals surface area contributed by atoms with Crippen molar-refractivity contribution in [1.82, 2.24) is 9.97 Å². The summed E-state index contributed by atoms with van der Waals surface area (Å²) in [6.07, 6.45) is 1.93. The lowest BCUT2D eigenvalue weighted by Gasteiger charge is -2.19. The van der Waals surface area contributed by atoms with Gasteiger partial charge in [0, 0.05) is 0 Å². The Morgan fingerprint density at radius 2 is 2.11 bits per heavy atom. The van der Waals surface area contributed by atoms with E-state index in [-0.39, 0.29) is 17.5 Å². The first-order chi connectivity index (χ1) is 8.99. The molecule has 1 atom stereocenters. The molecule has 7 nitrogen and oxygen atoms in total. The molecule has 1 aromatic heterocycles. The largest absolute Gasteiger partial charge is 0.479 e. The number of ether oxygens (including phenoxy) is 2. The SMILES string of the molecule is COC(=O)C(CC(C)C)Nc1ncnc(OC)c1N. The Kier molecular flexibility index (Phi) is 5.35. The molecule has 0 spiro atoms. The Hall–Kier alpha value is -2.05. The maximum absolute atomic E-state index is 11.7. The fourth-order valence-corrected chi connectivity index (χ4v) is 1.65. The van der Waals surface area contributed by atoms with Gasteiger partial charge in [-0.3, -0.25) is 0 Å². The number of nitrogens with one attached hydrogen (secondary N) is 1. The van der Waals surface area contributed by atoms with E-state index < -0.39 is 6.04 Å². The van der Waals surface area contributed by atoms with Crippen LogP contribution in [-0.4, -0.2) is 36.2 Å². The van der Waals surface area contributed by atoms with Crippen LogP contribution in [0.4, 0.5) is 11.5 Å². The van der Waals surface area contributed by atoms with Crippen LogP contribution in [0.5, 0.6) is 5.88 Å². The minimum absolute atomic E-state index is 0.266. The highest BCUT2D eigenvalue weighted by Crippen LogP contribution is 2.25. The average Bonchev–Trinajstić information content (AvgIpc) is 2.38. The summed E-state index contributed by atoms with van der Waals surface area (Å²) in [4.78, 5) is 19.6. The second kappa shape index (κ2) is 6.77. The van der Waals surface area contributed by atoms with Crippen molar-refractivity contribution in [2.45, 2.75) is 26.3 Å². The number of carbonyl (C=O) groups excluding carboxylic acids is 1. The van der Waals surface area contributed by atoms with Crippen LogP contribution >= 0.6 is 0 Å². The Balaban J connectivity index is 2.93. The lowest BCUT2D eigenvalue weighted by Crippen LogP contribution is -2.32. The van der Waals surface area contributed by atoms with Crippen molar-refractivity contribution < 1.29 is 14.3 Å². The highest BCUT2D eigenvalue weighted by molar-refractivity contribution is 5.80. The summed E-state index contributed by atoms with van der Waals surface area (Å²) in [7, 11) is 2.82. The number of hydrogen-bond donors (Lipinski definition) is 2. The Morgan fingerprint density at radius 3 is 2.63 bits per heavy atom. The van der Waals surface area contributed by atoms with E-state index in [1.807, 2.05) is 13.8 Å². The first kappa shape index (κ1) is 15.0. The van der Waals surface area contributed by atoms with Crippen LogP contribution in [0.2, 0.25) is 0 Å². The van der Waals surface area contributed by atoms with Crippen LogP contribution in [-0.2, 0) is 9.53 Å². The molecule has 0 saturated carbocycles. The van der Waals surface area contributed by atoms with Gasteiger partial charge < -0.3 is 20.5 Å². The standard InChI is InChI=1S/C12H20N4O3/c1-7(2)5-8(12(17)19-4)16-10-9(13)11(18-3)15-6-14-10/h6-8H,5,13H2,1-4H3,(H,14,15,16). The number of methoxy groups -OCH3 is 2. The van der Waals surface area contributed by atoms with Crippen molar-refractivity contribution in [3.63, 3.8) is 0 Å². The quantitative estimate of drug-likeness (QED) is 0.744. The van der Waals surface area contributed by atoms with E-state index in [1.165, 1.54) is 20.5 Å². The van der Waals surface area contributed by atoms with E-state index in [2.05, 4.69) is 15.3 Å². The van der Waals surface area contributed by atoms with Gasteiger partial charge in [-0.1, -0.05) is 13.8 Å². The number of rotatable bonds is 6. The van der Waals surface area contributed by atoms with Crippen molar-refractivity contribution in [2.24, 2.45) is 5.92 Å². The van der Waals surface area contributed by atoms with Gasteiger partial charge in [0.2, 0.25) is 5.88 Å². The molecular formula is C12H20N4O3. The van der Waals surface area contributed by atoms with Crippen LogP contribution < -0.4 is 15.8 Å². The fraction of sp³-hybridized carbons (Fsp3) is 0.583. The minimum Gasteiger partial charge on any atom is -0.479 e. The first-order valence-corrected chi connectivity index (χ1v) is 5.98. The minimum atomic E-state index is -0.507. The van der Waals surface area contributed by atoms with Gasteiger partial charge >= 0.3 is 5.97 Å². The average molecular weight is 268 g/mol. The van der Waals surface area contributed by atoms with Crippen LogP contribution in [0.15, 0.2) is 6.33 Å². The molecule has 0 amide bonds. The normalized spacial score (nSPS) is 12.1. The van der Waals surface area contributed by atoms with Gasteiger partial charge in [-0.15, -0.1) is 0 Å². The second-order valence-corrected chi connectivity index (χ2v) is 4.49. The van der Waals surface area contributed by atoms with E-state index in [4.69, 9.17) is 15.2 Å². The highest BCUT2D eigenvalue weighted by atomic mass is 16.5. The number of anilines is 2. The molecule has 1 rings (SSSR count). The Morgan fingerprint density at radius 1 is 1.42 bits per heavy atom. The molecule has 0 radical (unpaired) electrons. The zero-order valence-electron chi connectivity index (χ0n) is 11.6. The van der Waals surface area contributed by atoms with E-state index in [0.717, 1.165) is 0 Å². The Bertz CT molecular complexity index is 437. The number of nitrogens with two attached hydrogens (primary N) is 1. The van der Waals surface area contributed by atoms with Gasteiger partial charge in [-0.25, -0.2) is 9.78 Å². The van der Waals surface area contributed by atoms with Gasteiger partial charge in [0.1, 0.15) is 18.1 Å². The van der Waals surface area contributed by atoms with Crippen LogP contribution in [0, 0.1) is 5.92 Å². The number of aromatic nitrogens is 2. The first-order valence-electron chi connectivity index (χ1n) is 5.98. The zero-order valence-corrected chi connectivity index (χ0v) is 11.6. The van der Waals surface area contributed by atoms with E-state index in [0.29, 0.717) is 18.2 Å². The topological polar surface area (TPSA) is 99.4 Å². The van der Waals surface area contributed by atoms with Gasteiger partial charge in [-0.05, 0) is 12.3 Å². The predicted molar refractivity (Wildman–Crippen MR) is 71.9 cm³/mol. The number of esters is 1. The van der Waals surface area contributed by atoms with Crippen molar-refractivity contribution in [1.29, 1.82) is 0 Å². The summed E-state index contributed by atoms with van der Waals surface area (Å²) in [5.74, 6) is 0.598. The monoisotopic (exact) mass is 268 g/mol. The highest BCUT2D eigenvalue weighted by Gasteiger charge is 2.22. The molecule has 1 unspecified atom stereocenters. The van der Waals surface area contributed by atoms with Gasteiger partial charge in [-0.2, -0.15) is 4.98 Å². The van der Waals surface area contributed by atoms with Gasteiger partial charge in [0.25, 0.3) is 0 Å². The molecule has 0 bridgehead atoms. The summed E-state index contributed by atoms with van der Waals surface area (Å²) in [5.41, 5.74) is 6.12. The molecule has 0 aliphatic heterocycles. The molecule has 0 fully saturated rings. The Labute approximate surface area is 112 Å². The number of nitrogens with zero attached hydrogens (tertiary/aromatic N) is 2. The van der Waals surface area contributed by atoms with E-state index in [9.17, 15) is 4.79 Å². The number of hydrogen-bond acceptors (Lipinski definition) is 7. The van der Waals surface area contributed by atoms with E-state index in [1.54, 1.807) is 0 Å². The molecule has 3 N–H and O–H groups in total. The molecule has 1 heterocycles. The molecular weight excluding hydrogens is 248 g/mol. The van der Waals surface area contributed by atoms with Crippen molar-refractivity contribution in [3.8, 4) is 5.88 Å². The van der Waals surface area contributed by atoms with Gasteiger partial charge in [0.05, 0.1) is 14.2 Å². The molecule has 0 aliphatic carbocycles. The molecule has 106 valence electrons. The third kappa shape index (κ3) is 3.97. The van der Waals surface area contributed by atoms with Crippen molar-refractivity contribution in [2.75, 3.05) is 25.3 Å². The third-order valence-electron chi connectivity index (χ3n) is 2.54. The fourth-order valence-electron chi connectivity index (χ4n) is 1.65. The van der Waals surface area contributed by atoms with Crippen LogP contribution in [0.3, 0.4) is 0 Å². The molecule has 0 aliphatic rings. The maximum Gasteiger partial charge on any atom is 0.328 e. The summed E-state index contributed by atoms with van der Waals surface area (Å²) in [6.45, 7) is 4.03. The second-order valence-electron chi connectivity index (χ2n) is 4.49. The smallest absolute Gasteiger partial charge is 0.328 e. The van der Waals surface area contributed by atoms with Crippen molar-refractivity contribution >= 4 is 17.5 Å². The predicted octanol–water partition coefficient (Wildman–Crippen LogP) is 1.07. The van der Waals surface area contributed by atoms with Gasteiger partial charge in [0.15, 0.2) is 5.82 Å². The van der Waals surface area contributed by atoms with Crippen LogP contribution in [0.25, 0.3) is 0 Å².